The van der Waals surface area contributed by atoms with Gasteiger partial charge in [0.25, 0.3) is 0 Å². The third-order valence-electron chi connectivity index (χ3n) is 3.26. The molecular formula is C18H21NO3. The zero-order valence-electron chi connectivity index (χ0n) is 13.0. The van der Waals surface area contributed by atoms with E-state index in [-0.39, 0.29) is 5.97 Å². The van der Waals surface area contributed by atoms with E-state index >= 15 is 0 Å². The second kappa shape index (κ2) is 8.08. The second-order valence-electron chi connectivity index (χ2n) is 4.98. The van der Waals surface area contributed by atoms with Gasteiger partial charge < -0.3 is 14.8 Å². The SMILES string of the molecule is COC(=O)c1ccccc1NCCCOc1ccc(C)cc1. The Bertz CT molecular complexity index is 608. The minimum atomic E-state index is -0.334. The van der Waals surface area contributed by atoms with Crippen LogP contribution in [-0.2, 0) is 4.74 Å². The Kier molecular flexibility index (Phi) is 5.83. The first-order valence-corrected chi connectivity index (χ1v) is 7.31. The third-order valence-corrected chi connectivity index (χ3v) is 3.26. The van der Waals surface area contributed by atoms with Gasteiger partial charge in [0.15, 0.2) is 0 Å². The summed E-state index contributed by atoms with van der Waals surface area (Å²) in [6, 6.07) is 15.3. The van der Waals surface area contributed by atoms with Gasteiger partial charge in [-0.25, -0.2) is 4.79 Å². The lowest BCUT2D eigenvalue weighted by Crippen LogP contribution is -2.11. The Morgan fingerprint density at radius 2 is 1.82 bits per heavy atom. The maximum absolute atomic E-state index is 11.6. The van der Waals surface area contributed by atoms with E-state index in [2.05, 4.69) is 5.32 Å². The van der Waals surface area contributed by atoms with Gasteiger partial charge >= 0.3 is 5.97 Å². The van der Waals surface area contributed by atoms with Crippen LogP contribution >= 0.6 is 0 Å². The number of aryl methyl sites for hydroxylation is 1. The monoisotopic (exact) mass is 299 g/mol. The number of hydrogen-bond acceptors (Lipinski definition) is 4. The Morgan fingerprint density at radius 1 is 1.09 bits per heavy atom. The van der Waals surface area contributed by atoms with Crippen molar-refractivity contribution in [2.45, 2.75) is 13.3 Å². The molecule has 2 aromatic rings. The highest BCUT2D eigenvalue weighted by Crippen LogP contribution is 2.16. The van der Waals surface area contributed by atoms with Gasteiger partial charge in [-0.1, -0.05) is 29.8 Å². The molecule has 0 spiro atoms. The van der Waals surface area contributed by atoms with Crippen LogP contribution in [-0.4, -0.2) is 26.2 Å². The summed E-state index contributed by atoms with van der Waals surface area (Å²) < 4.78 is 10.4. The first kappa shape index (κ1) is 15.9. The highest BCUT2D eigenvalue weighted by atomic mass is 16.5. The zero-order valence-corrected chi connectivity index (χ0v) is 13.0. The zero-order chi connectivity index (χ0) is 15.8. The second-order valence-corrected chi connectivity index (χ2v) is 4.98. The average Bonchev–Trinajstić information content (AvgIpc) is 2.56. The molecule has 0 aliphatic heterocycles. The van der Waals surface area contributed by atoms with Crippen molar-refractivity contribution in [3.05, 3.63) is 59.7 Å². The number of para-hydroxylation sites is 1. The molecule has 2 aromatic carbocycles. The maximum atomic E-state index is 11.6. The lowest BCUT2D eigenvalue weighted by molar-refractivity contribution is 0.0602. The fourth-order valence-corrected chi connectivity index (χ4v) is 2.04. The predicted molar refractivity (Wildman–Crippen MR) is 87.6 cm³/mol. The molecule has 4 heteroatoms. The van der Waals surface area contributed by atoms with Crippen LogP contribution in [0.4, 0.5) is 5.69 Å². The van der Waals surface area contributed by atoms with Crippen LogP contribution in [0.1, 0.15) is 22.3 Å². The minimum Gasteiger partial charge on any atom is -0.494 e. The molecule has 0 aromatic heterocycles. The predicted octanol–water partition coefficient (Wildman–Crippen LogP) is 3.66. The van der Waals surface area contributed by atoms with Crippen molar-refractivity contribution < 1.29 is 14.3 Å². The largest absolute Gasteiger partial charge is 0.494 e. The summed E-state index contributed by atoms with van der Waals surface area (Å²) in [5, 5.41) is 3.24. The topological polar surface area (TPSA) is 47.6 Å². The van der Waals surface area contributed by atoms with E-state index in [0.29, 0.717) is 12.2 Å². The normalized spacial score (nSPS) is 10.1. The number of carbonyl (C=O) groups excluding carboxylic acids is 1. The molecular weight excluding hydrogens is 278 g/mol. The number of ether oxygens (including phenoxy) is 2. The molecule has 0 radical (unpaired) electrons. The van der Waals surface area contributed by atoms with Gasteiger partial charge in [-0.05, 0) is 37.6 Å². The van der Waals surface area contributed by atoms with Gasteiger partial charge in [-0.3, -0.25) is 0 Å². The molecule has 0 fully saturated rings. The summed E-state index contributed by atoms with van der Waals surface area (Å²) in [5.74, 6) is 0.541. The Balaban J connectivity index is 1.77. The molecule has 0 aliphatic rings. The maximum Gasteiger partial charge on any atom is 0.339 e. The van der Waals surface area contributed by atoms with E-state index in [1.54, 1.807) is 6.07 Å². The molecule has 0 unspecified atom stereocenters. The van der Waals surface area contributed by atoms with Crippen molar-refractivity contribution in [3.8, 4) is 5.75 Å². The third kappa shape index (κ3) is 4.52. The lowest BCUT2D eigenvalue weighted by atomic mass is 10.2. The number of esters is 1. The van der Waals surface area contributed by atoms with E-state index in [1.165, 1.54) is 12.7 Å². The van der Waals surface area contributed by atoms with Crippen LogP contribution in [0.3, 0.4) is 0 Å². The number of methoxy groups -OCH3 is 1. The van der Waals surface area contributed by atoms with Gasteiger partial charge in [-0.2, -0.15) is 0 Å². The van der Waals surface area contributed by atoms with Crippen LogP contribution in [0.25, 0.3) is 0 Å². The highest BCUT2D eigenvalue weighted by Gasteiger charge is 2.09. The Hall–Kier alpha value is -2.49. The van der Waals surface area contributed by atoms with Crippen molar-refractivity contribution in [1.29, 1.82) is 0 Å². The summed E-state index contributed by atoms with van der Waals surface area (Å²) in [6.45, 7) is 3.39. The molecule has 22 heavy (non-hydrogen) atoms. The lowest BCUT2D eigenvalue weighted by Gasteiger charge is -2.11. The van der Waals surface area contributed by atoms with E-state index in [1.807, 2.05) is 49.4 Å². The quantitative estimate of drug-likeness (QED) is 0.626. The summed E-state index contributed by atoms with van der Waals surface area (Å²) in [7, 11) is 1.38. The molecule has 0 aliphatic carbocycles. The van der Waals surface area contributed by atoms with Crippen molar-refractivity contribution in [1.82, 2.24) is 0 Å². The summed E-state index contributed by atoms with van der Waals surface area (Å²) >= 11 is 0. The van der Waals surface area contributed by atoms with E-state index in [4.69, 9.17) is 9.47 Å². The van der Waals surface area contributed by atoms with Crippen LogP contribution in [0.2, 0.25) is 0 Å². The van der Waals surface area contributed by atoms with Crippen LogP contribution < -0.4 is 10.1 Å². The fourth-order valence-electron chi connectivity index (χ4n) is 2.04. The van der Waals surface area contributed by atoms with Crippen LogP contribution in [0.5, 0.6) is 5.75 Å². The van der Waals surface area contributed by atoms with Gasteiger partial charge in [0.1, 0.15) is 5.75 Å². The van der Waals surface area contributed by atoms with Crippen LogP contribution in [0, 0.1) is 6.92 Å². The Labute approximate surface area is 131 Å². The molecule has 0 bridgehead atoms. The van der Waals surface area contributed by atoms with Gasteiger partial charge in [0, 0.05) is 12.2 Å². The number of benzene rings is 2. The molecule has 2 rings (SSSR count). The van der Waals surface area contributed by atoms with Crippen LogP contribution in [0.15, 0.2) is 48.5 Å². The fraction of sp³-hybridized carbons (Fsp3) is 0.278. The number of nitrogens with one attached hydrogen (secondary N) is 1. The Morgan fingerprint density at radius 3 is 2.55 bits per heavy atom. The number of rotatable bonds is 7. The molecule has 4 nitrogen and oxygen atoms in total. The molecule has 0 atom stereocenters. The van der Waals surface area contributed by atoms with Gasteiger partial charge in [0.05, 0.1) is 19.3 Å². The molecule has 0 saturated heterocycles. The molecule has 116 valence electrons. The minimum absolute atomic E-state index is 0.334. The average molecular weight is 299 g/mol. The first-order valence-electron chi connectivity index (χ1n) is 7.31. The smallest absolute Gasteiger partial charge is 0.339 e. The van der Waals surface area contributed by atoms with Crippen molar-refractivity contribution >= 4 is 11.7 Å². The summed E-state index contributed by atoms with van der Waals surface area (Å²) in [5.41, 5.74) is 2.54. The van der Waals surface area contributed by atoms with Crippen molar-refractivity contribution in [2.75, 3.05) is 25.6 Å². The van der Waals surface area contributed by atoms with E-state index in [9.17, 15) is 4.79 Å². The molecule has 1 N–H and O–H groups in total. The van der Waals surface area contributed by atoms with Crippen molar-refractivity contribution in [2.24, 2.45) is 0 Å². The van der Waals surface area contributed by atoms with E-state index < -0.39 is 0 Å². The standard InChI is InChI=1S/C18H21NO3/c1-14-8-10-15(11-9-14)22-13-5-12-19-17-7-4-3-6-16(17)18(20)21-2/h3-4,6-11,19H,5,12-13H2,1-2H3. The first-order chi connectivity index (χ1) is 10.7. The number of carbonyl (C=O) groups is 1. The van der Waals surface area contributed by atoms with Gasteiger partial charge in [-0.15, -0.1) is 0 Å². The number of hydrogen-bond donors (Lipinski definition) is 1. The summed E-state index contributed by atoms with van der Waals surface area (Å²) in [4.78, 5) is 11.6. The molecule has 0 amide bonds. The summed E-state index contributed by atoms with van der Waals surface area (Å²) in [6.07, 6.45) is 0.837. The van der Waals surface area contributed by atoms with Gasteiger partial charge in [0.2, 0.25) is 0 Å². The molecule has 0 saturated carbocycles. The van der Waals surface area contributed by atoms with E-state index in [0.717, 1.165) is 24.4 Å². The number of anilines is 1. The van der Waals surface area contributed by atoms with Crippen molar-refractivity contribution in [3.63, 3.8) is 0 Å². The highest BCUT2D eigenvalue weighted by molar-refractivity contribution is 5.95. The molecule has 0 heterocycles.